The summed E-state index contributed by atoms with van der Waals surface area (Å²) in [6, 6.07) is 4.64. The predicted octanol–water partition coefficient (Wildman–Crippen LogP) is 2.28. The van der Waals surface area contributed by atoms with E-state index in [9.17, 15) is 10.1 Å². The molecule has 0 saturated carbocycles. The normalized spacial score (nSPS) is 32.9. The highest BCUT2D eigenvalue weighted by atomic mass is 35.5. The molecule has 2 aliphatic rings. The van der Waals surface area contributed by atoms with Crippen LogP contribution in [-0.4, -0.2) is 28.4 Å². The van der Waals surface area contributed by atoms with E-state index in [-0.39, 0.29) is 12.1 Å². The van der Waals surface area contributed by atoms with Crippen molar-refractivity contribution < 1.29 is 4.79 Å². The monoisotopic (exact) mass is 275 g/mol. The summed E-state index contributed by atoms with van der Waals surface area (Å²) in [5, 5.41) is 10.2. The number of nitriles is 1. The summed E-state index contributed by atoms with van der Waals surface area (Å²) >= 11 is 5.99. The van der Waals surface area contributed by atoms with Gasteiger partial charge in [0, 0.05) is 24.5 Å². The van der Waals surface area contributed by atoms with E-state index in [2.05, 4.69) is 11.1 Å². The lowest BCUT2D eigenvalue weighted by Gasteiger charge is -2.41. The summed E-state index contributed by atoms with van der Waals surface area (Å²) in [4.78, 5) is 17.1. The van der Waals surface area contributed by atoms with Gasteiger partial charge in [-0.3, -0.25) is 9.78 Å². The maximum atomic E-state index is 11.1. The molecule has 2 unspecified atom stereocenters. The molecule has 98 valence electrons. The summed E-state index contributed by atoms with van der Waals surface area (Å²) in [6.45, 7) is 0. The highest BCUT2D eigenvalue weighted by Crippen LogP contribution is 2.46. The molecule has 1 aromatic heterocycles. The Labute approximate surface area is 117 Å². The first-order chi connectivity index (χ1) is 9.18. The molecule has 3 heterocycles. The van der Waals surface area contributed by atoms with Gasteiger partial charge in [0.1, 0.15) is 0 Å². The van der Waals surface area contributed by atoms with E-state index in [0.29, 0.717) is 17.9 Å². The third-order valence-electron chi connectivity index (χ3n) is 4.44. The Morgan fingerprint density at radius 2 is 2.11 bits per heavy atom. The lowest BCUT2D eigenvalue weighted by molar-refractivity contribution is -0.122. The standard InChI is InChI=1S/C14H14ClN3O/c15-11-3-10(6-17-7-11)14(8-16)4-12-1-2-13(5-14)18(12)9-19/h3,6-7,9,12-13H,1-2,4-5H2. The minimum absolute atomic E-state index is 0.176. The van der Waals surface area contributed by atoms with Crippen LogP contribution in [0, 0.1) is 11.3 Å². The van der Waals surface area contributed by atoms with Gasteiger partial charge in [-0.05, 0) is 37.3 Å². The molecule has 1 amide bonds. The van der Waals surface area contributed by atoms with Crippen LogP contribution in [0.15, 0.2) is 18.5 Å². The van der Waals surface area contributed by atoms with Crippen LogP contribution in [0.1, 0.15) is 31.2 Å². The van der Waals surface area contributed by atoms with E-state index < -0.39 is 5.41 Å². The molecule has 2 atom stereocenters. The molecular formula is C14H14ClN3O. The SMILES string of the molecule is N#CC1(c2cncc(Cl)c2)CC2CCC(C1)N2C=O. The number of carbonyl (C=O) groups excluding carboxylic acids is 1. The van der Waals surface area contributed by atoms with Gasteiger partial charge >= 0.3 is 0 Å². The molecule has 0 radical (unpaired) electrons. The first-order valence-corrected chi connectivity index (χ1v) is 6.81. The van der Waals surface area contributed by atoms with Gasteiger partial charge in [-0.2, -0.15) is 5.26 Å². The average molecular weight is 276 g/mol. The summed E-state index contributed by atoms with van der Waals surface area (Å²) in [5.74, 6) is 0. The van der Waals surface area contributed by atoms with E-state index >= 15 is 0 Å². The Morgan fingerprint density at radius 1 is 1.42 bits per heavy atom. The molecule has 1 aromatic rings. The van der Waals surface area contributed by atoms with E-state index in [0.717, 1.165) is 24.8 Å². The number of pyridine rings is 1. The second kappa shape index (κ2) is 4.50. The highest BCUT2D eigenvalue weighted by molar-refractivity contribution is 6.30. The number of halogens is 1. The molecule has 4 nitrogen and oxygen atoms in total. The van der Waals surface area contributed by atoms with E-state index in [1.165, 1.54) is 0 Å². The Kier molecular flexibility index (Phi) is 2.94. The molecule has 2 fully saturated rings. The zero-order valence-electron chi connectivity index (χ0n) is 10.4. The summed E-state index contributed by atoms with van der Waals surface area (Å²) < 4.78 is 0. The van der Waals surface area contributed by atoms with Crippen LogP contribution >= 0.6 is 11.6 Å². The van der Waals surface area contributed by atoms with Crippen LogP contribution in [-0.2, 0) is 10.2 Å². The maximum absolute atomic E-state index is 11.1. The number of rotatable bonds is 2. The quantitative estimate of drug-likeness (QED) is 0.778. The first-order valence-electron chi connectivity index (χ1n) is 6.43. The molecule has 2 saturated heterocycles. The minimum Gasteiger partial charge on any atom is -0.339 e. The molecule has 2 bridgehead atoms. The lowest BCUT2D eigenvalue weighted by Crippen LogP contribution is -2.48. The molecule has 0 aliphatic carbocycles. The fourth-order valence-electron chi connectivity index (χ4n) is 3.52. The van der Waals surface area contributed by atoms with Crippen LogP contribution in [0.3, 0.4) is 0 Å². The third-order valence-corrected chi connectivity index (χ3v) is 4.64. The van der Waals surface area contributed by atoms with Crippen LogP contribution in [0.25, 0.3) is 0 Å². The second-order valence-electron chi connectivity index (χ2n) is 5.43. The highest BCUT2D eigenvalue weighted by Gasteiger charge is 2.49. The van der Waals surface area contributed by atoms with Crippen LogP contribution in [0.2, 0.25) is 5.02 Å². The largest absolute Gasteiger partial charge is 0.339 e. The minimum atomic E-state index is -0.552. The third kappa shape index (κ3) is 1.89. The lowest BCUT2D eigenvalue weighted by atomic mass is 9.72. The van der Waals surface area contributed by atoms with Crippen LogP contribution in [0.5, 0.6) is 0 Å². The Bertz CT molecular complexity index is 540. The number of nitrogens with zero attached hydrogens (tertiary/aromatic N) is 3. The number of aromatic nitrogens is 1. The summed E-state index contributed by atoms with van der Waals surface area (Å²) in [7, 11) is 0. The average Bonchev–Trinajstić information content (AvgIpc) is 2.68. The predicted molar refractivity (Wildman–Crippen MR) is 70.5 cm³/mol. The molecule has 0 spiro atoms. The fourth-order valence-corrected chi connectivity index (χ4v) is 3.69. The van der Waals surface area contributed by atoms with Crippen LogP contribution < -0.4 is 0 Å². The maximum Gasteiger partial charge on any atom is 0.210 e. The number of fused-ring (bicyclic) bond motifs is 2. The van der Waals surface area contributed by atoms with Crippen molar-refractivity contribution in [1.29, 1.82) is 5.26 Å². The van der Waals surface area contributed by atoms with Crippen molar-refractivity contribution in [2.45, 2.75) is 43.2 Å². The van der Waals surface area contributed by atoms with Crippen molar-refractivity contribution in [2.24, 2.45) is 0 Å². The molecule has 5 heteroatoms. The number of hydrogen-bond donors (Lipinski definition) is 0. The number of carbonyl (C=O) groups is 1. The Morgan fingerprint density at radius 3 is 2.63 bits per heavy atom. The number of amides is 1. The molecule has 2 aliphatic heterocycles. The summed E-state index contributed by atoms with van der Waals surface area (Å²) in [6.07, 6.45) is 7.57. The van der Waals surface area contributed by atoms with Gasteiger partial charge in [0.05, 0.1) is 16.5 Å². The van der Waals surface area contributed by atoms with Crippen molar-refractivity contribution in [3.8, 4) is 6.07 Å². The van der Waals surface area contributed by atoms with Gasteiger partial charge < -0.3 is 4.90 Å². The summed E-state index contributed by atoms with van der Waals surface area (Å²) in [5.41, 5.74) is 0.327. The van der Waals surface area contributed by atoms with Crippen molar-refractivity contribution >= 4 is 18.0 Å². The van der Waals surface area contributed by atoms with Gasteiger partial charge in [-0.1, -0.05) is 11.6 Å². The van der Waals surface area contributed by atoms with Crippen molar-refractivity contribution in [3.05, 3.63) is 29.0 Å². The van der Waals surface area contributed by atoms with Gasteiger partial charge in [-0.15, -0.1) is 0 Å². The fraction of sp³-hybridized carbons (Fsp3) is 0.500. The van der Waals surface area contributed by atoms with Gasteiger partial charge in [0.25, 0.3) is 0 Å². The molecule has 0 N–H and O–H groups in total. The number of piperidine rings is 1. The van der Waals surface area contributed by atoms with Gasteiger partial charge in [-0.25, -0.2) is 0 Å². The second-order valence-corrected chi connectivity index (χ2v) is 5.87. The van der Waals surface area contributed by atoms with E-state index in [1.54, 1.807) is 12.4 Å². The van der Waals surface area contributed by atoms with Crippen molar-refractivity contribution in [2.75, 3.05) is 0 Å². The van der Waals surface area contributed by atoms with Crippen LogP contribution in [0.4, 0.5) is 0 Å². The molecule has 19 heavy (non-hydrogen) atoms. The smallest absolute Gasteiger partial charge is 0.210 e. The molecule has 0 aromatic carbocycles. The molecule has 3 rings (SSSR count). The zero-order chi connectivity index (χ0) is 13.5. The van der Waals surface area contributed by atoms with Crippen molar-refractivity contribution in [3.63, 3.8) is 0 Å². The van der Waals surface area contributed by atoms with Crippen molar-refractivity contribution in [1.82, 2.24) is 9.88 Å². The molecular weight excluding hydrogens is 262 g/mol. The zero-order valence-corrected chi connectivity index (χ0v) is 11.2. The van der Waals surface area contributed by atoms with E-state index in [1.807, 2.05) is 11.0 Å². The van der Waals surface area contributed by atoms with Gasteiger partial charge in [0.2, 0.25) is 6.41 Å². The number of hydrogen-bond acceptors (Lipinski definition) is 3. The Hall–Kier alpha value is -1.60. The Balaban J connectivity index is 1.99. The van der Waals surface area contributed by atoms with Gasteiger partial charge in [0.15, 0.2) is 0 Å². The topological polar surface area (TPSA) is 57.0 Å². The first kappa shape index (κ1) is 12.4. The van der Waals surface area contributed by atoms with E-state index in [4.69, 9.17) is 11.6 Å².